The molecule has 0 bridgehead atoms. The fraction of sp³-hybridized carbons (Fsp3) is 0.395. The number of pyridine rings is 2. The first-order valence-corrected chi connectivity index (χ1v) is 18.2. The highest BCUT2D eigenvalue weighted by Crippen LogP contribution is 2.33. The van der Waals surface area contributed by atoms with Gasteiger partial charge >= 0.3 is 0 Å². The number of aromatic nitrogens is 4. The Labute approximate surface area is 308 Å². The van der Waals surface area contributed by atoms with E-state index in [1.807, 2.05) is 12.1 Å². The zero-order valence-electron chi connectivity index (χ0n) is 29.9. The lowest BCUT2D eigenvalue weighted by Crippen LogP contribution is -2.54. The number of nitrogens with zero attached hydrogens (tertiary/aromatic N) is 7. The number of amides is 4. The molecule has 8 rings (SSSR count). The summed E-state index contributed by atoms with van der Waals surface area (Å²) < 4.78 is 17.5. The van der Waals surface area contributed by atoms with Gasteiger partial charge in [0, 0.05) is 62.3 Å². The Morgan fingerprint density at radius 1 is 0.944 bits per heavy atom. The molecule has 6 heterocycles. The summed E-state index contributed by atoms with van der Waals surface area (Å²) in [5, 5.41) is 5.96. The molecule has 1 atom stereocenters. The number of hydrogen-bond acceptors (Lipinski definition) is 12. The summed E-state index contributed by atoms with van der Waals surface area (Å²) in [5.41, 5.74) is 1.69. The number of rotatable bonds is 8. The Morgan fingerprint density at radius 3 is 2.39 bits per heavy atom. The van der Waals surface area contributed by atoms with E-state index >= 15 is 4.39 Å². The number of Topliss-reactive ketones (excluding diaryl/α,β-unsaturated/α-hetero) is 1. The molecule has 3 aliphatic heterocycles. The van der Waals surface area contributed by atoms with E-state index in [1.165, 1.54) is 19.1 Å². The van der Waals surface area contributed by atoms with Crippen molar-refractivity contribution in [3.05, 3.63) is 80.6 Å². The van der Waals surface area contributed by atoms with Gasteiger partial charge in [-0.3, -0.25) is 48.5 Å². The molecule has 2 saturated heterocycles. The predicted octanol–water partition coefficient (Wildman–Crippen LogP) is 3.42. The summed E-state index contributed by atoms with van der Waals surface area (Å²) in [6, 6.07) is 5.50. The minimum Gasteiger partial charge on any atom is -0.368 e. The minimum absolute atomic E-state index is 0.00250. The highest BCUT2D eigenvalue weighted by molar-refractivity contribution is 6.23. The number of piperazine rings is 1. The van der Waals surface area contributed by atoms with Gasteiger partial charge < -0.3 is 10.2 Å². The molecule has 4 amide bonds. The summed E-state index contributed by atoms with van der Waals surface area (Å²) >= 11 is 0. The van der Waals surface area contributed by atoms with Crippen LogP contribution >= 0.6 is 0 Å². The minimum atomic E-state index is -1.16. The van der Waals surface area contributed by atoms with Crippen molar-refractivity contribution in [1.82, 2.24) is 34.6 Å². The molecule has 4 aromatic rings. The number of nitrogens with one attached hydrogen (secondary N) is 2. The molecule has 1 aliphatic carbocycles. The molecule has 4 aliphatic rings. The first-order chi connectivity index (χ1) is 26.0. The predicted molar refractivity (Wildman–Crippen MR) is 194 cm³/mol. The average molecular weight is 736 g/mol. The number of carbonyl (C=O) groups is 5. The van der Waals surface area contributed by atoms with Gasteiger partial charge in [0.15, 0.2) is 5.78 Å². The number of ketones is 1. The quantitative estimate of drug-likeness (QED) is 0.199. The number of halogens is 1. The van der Waals surface area contributed by atoms with Gasteiger partial charge in [-0.05, 0) is 56.9 Å². The fourth-order valence-corrected chi connectivity index (χ4v) is 8.16. The third-order valence-corrected chi connectivity index (χ3v) is 11.0. The second-order valence-electron chi connectivity index (χ2n) is 14.3. The number of piperidine rings is 1. The Bertz CT molecular complexity index is 2310. The van der Waals surface area contributed by atoms with Crippen molar-refractivity contribution in [2.24, 2.45) is 0 Å². The Hall–Kier alpha value is -5.90. The van der Waals surface area contributed by atoms with Crippen LogP contribution in [0, 0.1) is 12.7 Å². The number of aryl methyl sites for hydroxylation is 1. The van der Waals surface area contributed by atoms with Crippen molar-refractivity contribution in [2.75, 3.05) is 36.4 Å². The molecule has 2 N–H and O–H groups in total. The first kappa shape index (κ1) is 35.1. The van der Waals surface area contributed by atoms with Crippen molar-refractivity contribution in [3.63, 3.8) is 0 Å². The number of anilines is 3. The number of hydrogen-bond donors (Lipinski definition) is 2. The lowest BCUT2D eigenvalue weighted by molar-refractivity contribution is -0.136. The molecule has 15 nitrogen and oxygen atoms in total. The standard InChI is InChI=1S/C38H38FN9O6/c1-20-26-18-41-38(44-33(26)47(23-5-3-4-6-23)36(53)30(20)21(2)49)42-28-11-8-24(17-40-28)46-15-13-45(14-16-46)19-22-7-9-25-31(32(22)39)37(54)48(35(25)52)27-10-12-29(50)43-34(27)51/h7-9,11,17-18,23,27H,3-6,10,12-16,19H2,1-2H3,(H,43,50,51)(H,40,41,42,44). The van der Waals surface area contributed by atoms with Gasteiger partial charge in [0.2, 0.25) is 17.8 Å². The largest absolute Gasteiger partial charge is 0.368 e. The molecule has 278 valence electrons. The van der Waals surface area contributed by atoms with E-state index in [1.54, 1.807) is 23.9 Å². The van der Waals surface area contributed by atoms with E-state index in [9.17, 15) is 28.8 Å². The van der Waals surface area contributed by atoms with Crippen LogP contribution in [0.25, 0.3) is 11.0 Å². The lowest BCUT2D eigenvalue weighted by Gasteiger charge is -2.36. The molecule has 3 aromatic heterocycles. The normalized spacial score (nSPS) is 19.5. The number of benzene rings is 1. The van der Waals surface area contributed by atoms with Crippen LogP contribution in [-0.2, 0) is 16.1 Å². The first-order valence-electron chi connectivity index (χ1n) is 18.2. The molecule has 0 radical (unpaired) electrons. The zero-order chi connectivity index (χ0) is 37.8. The second-order valence-corrected chi connectivity index (χ2v) is 14.3. The van der Waals surface area contributed by atoms with Crippen LogP contribution < -0.4 is 21.1 Å². The van der Waals surface area contributed by atoms with Gasteiger partial charge in [-0.1, -0.05) is 18.9 Å². The summed E-state index contributed by atoms with van der Waals surface area (Å²) in [4.78, 5) is 95.0. The van der Waals surface area contributed by atoms with Gasteiger partial charge in [-0.25, -0.2) is 14.4 Å². The molecule has 0 spiro atoms. The maximum absolute atomic E-state index is 15.8. The monoisotopic (exact) mass is 735 g/mol. The van der Waals surface area contributed by atoms with Gasteiger partial charge in [-0.15, -0.1) is 0 Å². The lowest BCUT2D eigenvalue weighted by atomic mass is 10.0. The Morgan fingerprint density at radius 2 is 1.70 bits per heavy atom. The van der Waals surface area contributed by atoms with E-state index in [-0.39, 0.29) is 65.0 Å². The molecule has 1 saturated carbocycles. The molecule has 3 fully saturated rings. The van der Waals surface area contributed by atoms with Crippen molar-refractivity contribution in [2.45, 2.75) is 71.0 Å². The van der Waals surface area contributed by atoms with Crippen molar-refractivity contribution < 1.29 is 28.4 Å². The Balaban J connectivity index is 0.921. The van der Waals surface area contributed by atoms with Crippen LogP contribution in [-0.4, -0.2) is 91.0 Å². The van der Waals surface area contributed by atoms with E-state index in [0.717, 1.165) is 36.3 Å². The smallest absolute Gasteiger partial charge is 0.265 e. The van der Waals surface area contributed by atoms with Crippen molar-refractivity contribution >= 4 is 57.9 Å². The van der Waals surface area contributed by atoms with Gasteiger partial charge in [0.1, 0.15) is 23.3 Å². The number of fused-ring (bicyclic) bond motifs is 2. The van der Waals surface area contributed by atoms with Crippen molar-refractivity contribution in [1.29, 1.82) is 0 Å². The second kappa shape index (κ2) is 13.8. The van der Waals surface area contributed by atoms with E-state index < -0.39 is 35.5 Å². The summed E-state index contributed by atoms with van der Waals surface area (Å²) in [5.74, 6) is -3.08. The SMILES string of the molecule is CC(=O)c1c(C)c2cnc(Nc3ccc(N4CCN(Cc5ccc6c(c5F)C(=O)N(C5CCC(=O)NC5=O)C6=O)CC4)cn3)nc2n(C2CCCC2)c1=O. The van der Waals surface area contributed by atoms with Crippen LogP contribution in [0.2, 0.25) is 0 Å². The molecular formula is C38H38FN9O6. The van der Waals surface area contributed by atoms with Crippen LogP contribution in [0.1, 0.15) is 93.7 Å². The third-order valence-electron chi connectivity index (χ3n) is 11.0. The van der Waals surface area contributed by atoms with Gasteiger partial charge in [-0.2, -0.15) is 4.98 Å². The molecule has 1 aromatic carbocycles. The average Bonchev–Trinajstić information content (AvgIpc) is 3.76. The van der Waals surface area contributed by atoms with E-state index in [4.69, 9.17) is 4.98 Å². The number of carbonyl (C=O) groups excluding carboxylic acids is 5. The zero-order valence-corrected chi connectivity index (χ0v) is 29.9. The maximum atomic E-state index is 15.8. The molecule has 16 heteroatoms. The van der Waals surface area contributed by atoms with Gasteiger partial charge in [0.25, 0.3) is 17.4 Å². The number of imide groups is 2. The highest BCUT2D eigenvalue weighted by Gasteiger charge is 2.46. The summed E-state index contributed by atoms with van der Waals surface area (Å²) in [7, 11) is 0. The maximum Gasteiger partial charge on any atom is 0.265 e. The van der Waals surface area contributed by atoms with Crippen molar-refractivity contribution in [3.8, 4) is 0 Å². The Kier molecular flexibility index (Phi) is 9.00. The van der Waals surface area contributed by atoms with E-state index in [2.05, 4.69) is 30.4 Å². The topological polar surface area (TPSA) is 180 Å². The summed E-state index contributed by atoms with van der Waals surface area (Å²) in [6.45, 7) is 5.87. The van der Waals surface area contributed by atoms with Crippen LogP contribution in [0.3, 0.4) is 0 Å². The van der Waals surface area contributed by atoms with Crippen LogP contribution in [0.5, 0.6) is 0 Å². The van der Waals surface area contributed by atoms with Crippen LogP contribution in [0.4, 0.5) is 21.8 Å². The molecular weight excluding hydrogens is 697 g/mol. The molecule has 54 heavy (non-hydrogen) atoms. The van der Waals surface area contributed by atoms with Crippen LogP contribution in [0.15, 0.2) is 41.5 Å². The molecule has 1 unspecified atom stereocenters. The van der Waals surface area contributed by atoms with Gasteiger partial charge in [0.05, 0.1) is 28.6 Å². The van der Waals surface area contributed by atoms with E-state index in [0.29, 0.717) is 48.6 Å². The third kappa shape index (κ3) is 6.09. The fourth-order valence-electron chi connectivity index (χ4n) is 8.16. The highest BCUT2D eigenvalue weighted by atomic mass is 19.1. The summed E-state index contributed by atoms with van der Waals surface area (Å²) in [6.07, 6.45) is 7.09.